The molecule has 5 aromatic carbocycles. The molecule has 0 unspecified atom stereocenters. The van der Waals surface area contributed by atoms with E-state index in [1.54, 1.807) is 0 Å². The van der Waals surface area contributed by atoms with Crippen molar-refractivity contribution < 1.29 is 135 Å². The molecular formula is C55H50Cl2F6N8O22. The SMILES string of the molecule is CN[C@@H](C(=O)N[C@H]1C(=O)N[C@@H](CC(N)=O)C(=O)N[C@H]2C(=O)N[C@H]3C(=O)N[C@H](C(=O)N[C@H](C(=O)O)c4cc(O)cc(O)c4-c4cc3ccc4O)[C@H](O)c3ccc(c(Cl)c3)Oc3cc2cc(c3O)Oc2ccc(cc2Cl)[C@H]1O)[C@H](C)O.O=C(O)C(F)(F)F.O=C(O)C(F)(F)F. The van der Waals surface area contributed by atoms with Crippen molar-refractivity contribution >= 4 is 82.5 Å². The molecule has 11 bridgehead atoms. The van der Waals surface area contributed by atoms with Crippen LogP contribution in [0.3, 0.4) is 0 Å². The van der Waals surface area contributed by atoms with Crippen molar-refractivity contribution in [2.75, 3.05) is 7.05 Å². The summed E-state index contributed by atoms with van der Waals surface area (Å²) in [4.78, 5) is 131. The van der Waals surface area contributed by atoms with Gasteiger partial charge in [-0.25, -0.2) is 14.4 Å². The molecule has 0 saturated carbocycles. The van der Waals surface area contributed by atoms with Gasteiger partial charge in [0.2, 0.25) is 47.1 Å². The fourth-order valence-corrected chi connectivity index (χ4v) is 9.55. The number of hydrogen-bond donors (Lipinski definition) is 18. The van der Waals surface area contributed by atoms with E-state index in [0.29, 0.717) is 0 Å². The highest BCUT2D eigenvalue weighted by molar-refractivity contribution is 6.32. The van der Waals surface area contributed by atoms with Gasteiger partial charge in [-0.2, -0.15) is 26.3 Å². The Kier molecular flexibility index (Phi) is 22.2. The number of carboxylic acid groups (broad SMARTS) is 3. The van der Waals surface area contributed by atoms with Crippen LogP contribution in [-0.2, 0) is 47.9 Å². The molecule has 93 heavy (non-hydrogen) atoms. The molecule has 0 fully saturated rings. The highest BCUT2D eigenvalue weighted by Crippen LogP contribution is 2.48. The van der Waals surface area contributed by atoms with Crippen molar-refractivity contribution in [1.82, 2.24) is 37.2 Å². The summed E-state index contributed by atoms with van der Waals surface area (Å²) in [7, 11) is 1.32. The molecule has 0 saturated heterocycles. The molecule has 5 aliphatic rings. The van der Waals surface area contributed by atoms with Crippen molar-refractivity contribution in [3.63, 3.8) is 0 Å². The molecule has 5 heterocycles. The third-order valence-corrected chi connectivity index (χ3v) is 14.1. The number of likely N-dealkylation sites (N-methyl/N-ethyl adjacent to an activating group) is 1. The molecule has 5 aliphatic heterocycles. The third-order valence-electron chi connectivity index (χ3n) is 13.5. The summed E-state index contributed by atoms with van der Waals surface area (Å²) in [6, 6.07) is -0.425. The summed E-state index contributed by atoms with van der Waals surface area (Å²) in [6.45, 7) is 1.26. The lowest BCUT2D eigenvalue weighted by atomic mass is 9.89. The average Bonchev–Trinajstić information content (AvgIpc) is 0.836. The zero-order valence-corrected chi connectivity index (χ0v) is 48.5. The minimum absolute atomic E-state index is 0.137. The maximum absolute atomic E-state index is 15.3. The van der Waals surface area contributed by atoms with E-state index in [1.807, 2.05) is 0 Å². The van der Waals surface area contributed by atoms with E-state index < -0.39 is 190 Å². The molecule has 0 aliphatic carbocycles. The highest BCUT2D eigenvalue weighted by atomic mass is 35.5. The number of nitrogens with one attached hydrogen (secondary N) is 7. The van der Waals surface area contributed by atoms with Crippen LogP contribution >= 0.6 is 23.2 Å². The fraction of sp³-hybridized carbons (Fsp3) is 0.273. The number of amides is 7. The fourth-order valence-electron chi connectivity index (χ4n) is 9.09. The molecule has 10 rings (SSSR count). The average molecular weight is 1360 g/mol. The van der Waals surface area contributed by atoms with Crippen LogP contribution in [0.15, 0.2) is 78.9 Å². The summed E-state index contributed by atoms with van der Waals surface area (Å²) >= 11 is 13.4. The standard InChI is InChI=1S/C51H48Cl2N8O18.2C2HF3O2/c1-17(62)36(55-2)46(71)60-40-42(67)19-4-7-30(25(52)10-19)78-32-12-21-13-33(44(32)69)79-31-8-5-20(11-26(31)53)43(68)41-50(75)59-39(51(76)77)24-14-22(63)15-29(65)35(24)23-9-18(3-6-28(23)64)37(47(72)61-41)58-48(73)38(21)57-45(70)27(16-34(54)66)56-49(40)74;2*3-2(4,5)1(6)7/h3-15,17,27,36-43,55,62-65,67-69H,16H2,1-2H3,(H2,54,66)(H,56,74)(H,57,70)(H,58,73)(H,59,75)(H,60,71)(H,61,72)(H,76,77);2*(H,6,7)/t17-,27-,36+,37+,38+,39-,40+,41-,42+,43+;;/m0../s1. The predicted molar refractivity (Wildman–Crippen MR) is 300 cm³/mol. The largest absolute Gasteiger partial charge is 0.508 e. The lowest BCUT2D eigenvalue weighted by molar-refractivity contribution is -0.193. The van der Waals surface area contributed by atoms with Crippen molar-refractivity contribution in [1.29, 1.82) is 0 Å². The van der Waals surface area contributed by atoms with Crippen LogP contribution in [0.25, 0.3) is 11.1 Å². The number of primary amides is 1. The van der Waals surface area contributed by atoms with Crippen LogP contribution in [0.1, 0.15) is 71.5 Å². The van der Waals surface area contributed by atoms with Gasteiger partial charge in [0, 0.05) is 22.8 Å². The molecule has 0 radical (unpaired) electrons. The number of halogens is 8. The Labute approximate surface area is 525 Å². The summed E-state index contributed by atoms with van der Waals surface area (Å²) in [5.41, 5.74) is 3.11. The Morgan fingerprint density at radius 3 is 1.59 bits per heavy atom. The predicted octanol–water partition coefficient (Wildman–Crippen LogP) is 2.00. The summed E-state index contributed by atoms with van der Waals surface area (Å²) in [6.07, 6.45) is -16.7. The highest BCUT2D eigenvalue weighted by Gasteiger charge is 2.43. The first-order chi connectivity index (χ1) is 43.2. The number of rotatable bonds is 7. The first-order valence-electron chi connectivity index (χ1n) is 26.1. The number of carbonyl (C=O) groups is 10. The molecule has 0 aromatic heterocycles. The Hall–Kier alpha value is -10.4. The van der Waals surface area contributed by atoms with Gasteiger partial charge in [0.05, 0.1) is 22.6 Å². The Balaban J connectivity index is 0.000000880. The van der Waals surface area contributed by atoms with Crippen molar-refractivity contribution in [2.24, 2.45) is 5.73 Å². The number of aromatic hydroxyl groups is 4. The van der Waals surface area contributed by atoms with Gasteiger partial charge in [-0.15, -0.1) is 0 Å². The van der Waals surface area contributed by atoms with Crippen LogP contribution in [0.4, 0.5) is 26.3 Å². The Morgan fingerprint density at radius 2 is 1.11 bits per heavy atom. The molecule has 7 amide bonds. The molecule has 19 N–H and O–H groups in total. The smallest absolute Gasteiger partial charge is 0.490 e. The number of aliphatic carboxylic acids is 3. The summed E-state index contributed by atoms with van der Waals surface area (Å²) < 4.78 is 75.7. The van der Waals surface area contributed by atoms with Crippen LogP contribution in [-0.4, -0.2) is 160 Å². The van der Waals surface area contributed by atoms with Crippen LogP contribution in [0.2, 0.25) is 10.0 Å². The number of hydrogen-bond acceptors (Lipinski definition) is 20. The number of phenolic OH excluding ortho intramolecular Hbond substituents is 4. The molecule has 10 atom stereocenters. The topological polar surface area (TPSA) is 502 Å². The number of benzene rings is 5. The number of phenols is 4. The van der Waals surface area contributed by atoms with Gasteiger partial charge in [0.1, 0.15) is 77.2 Å². The molecule has 0 spiro atoms. The number of carboxylic acids is 3. The minimum atomic E-state index is -5.08. The monoisotopic (exact) mass is 1360 g/mol. The number of aliphatic hydroxyl groups excluding tert-OH is 3. The summed E-state index contributed by atoms with van der Waals surface area (Å²) in [5.74, 6) is -21.1. The van der Waals surface area contributed by atoms with Gasteiger partial charge in [-0.05, 0) is 90.8 Å². The zero-order chi connectivity index (χ0) is 69.6. The second-order valence-electron chi connectivity index (χ2n) is 20.0. The van der Waals surface area contributed by atoms with Crippen molar-refractivity contribution in [3.05, 3.63) is 117 Å². The number of nitrogens with two attached hydrogens (primary N) is 1. The molecule has 498 valence electrons. The maximum Gasteiger partial charge on any atom is 0.490 e. The lowest BCUT2D eigenvalue weighted by Crippen LogP contribution is -2.60. The van der Waals surface area contributed by atoms with Gasteiger partial charge in [0.25, 0.3) is 0 Å². The van der Waals surface area contributed by atoms with Gasteiger partial charge in [-0.3, -0.25) is 33.6 Å². The van der Waals surface area contributed by atoms with Crippen LogP contribution < -0.4 is 52.4 Å². The van der Waals surface area contributed by atoms with Gasteiger partial charge >= 0.3 is 30.3 Å². The summed E-state index contributed by atoms with van der Waals surface area (Å²) in [5, 5.41) is 120. The number of ether oxygens (including phenoxy) is 2. The minimum Gasteiger partial charge on any atom is -0.508 e. The molecule has 30 nitrogen and oxygen atoms in total. The number of alkyl halides is 6. The number of aliphatic hydroxyl groups is 3. The van der Waals surface area contributed by atoms with Crippen molar-refractivity contribution in [3.8, 4) is 57.1 Å². The molecule has 38 heteroatoms. The normalized spacial score (nSPS) is 21.2. The molecular weight excluding hydrogens is 1310 g/mol. The van der Waals surface area contributed by atoms with Crippen molar-refractivity contribution in [2.45, 2.75) is 86.3 Å². The number of carbonyl (C=O) groups excluding carboxylic acids is 7. The van der Waals surface area contributed by atoms with E-state index in [-0.39, 0.29) is 43.8 Å². The van der Waals surface area contributed by atoms with Crippen LogP contribution in [0.5, 0.6) is 46.0 Å². The first-order valence-corrected chi connectivity index (χ1v) is 26.9. The van der Waals surface area contributed by atoms with E-state index >= 15 is 4.79 Å². The zero-order valence-electron chi connectivity index (χ0n) is 47.0. The van der Waals surface area contributed by atoms with E-state index in [2.05, 4.69) is 37.2 Å². The molecule has 5 aromatic rings. The van der Waals surface area contributed by atoms with E-state index in [4.69, 9.17) is 58.2 Å². The van der Waals surface area contributed by atoms with Gasteiger partial charge in [-0.1, -0.05) is 41.4 Å². The number of fused-ring (bicyclic) bond motifs is 15. The lowest BCUT2D eigenvalue weighted by Gasteiger charge is -2.31. The van der Waals surface area contributed by atoms with Gasteiger partial charge in [0.15, 0.2) is 17.5 Å². The Morgan fingerprint density at radius 1 is 0.613 bits per heavy atom. The van der Waals surface area contributed by atoms with E-state index in [1.165, 1.54) is 32.2 Å². The van der Waals surface area contributed by atoms with Gasteiger partial charge < -0.3 is 103 Å². The maximum atomic E-state index is 15.3. The second-order valence-corrected chi connectivity index (χ2v) is 20.8. The van der Waals surface area contributed by atoms with E-state index in [9.17, 15) is 101 Å². The first kappa shape index (κ1) is 71.7. The third kappa shape index (κ3) is 17.0. The quantitative estimate of drug-likeness (QED) is 0.104. The van der Waals surface area contributed by atoms with E-state index in [0.717, 1.165) is 60.7 Å². The Bertz CT molecular complexity index is 3800. The van der Waals surface area contributed by atoms with Crippen LogP contribution in [0, 0.1) is 0 Å². The second kappa shape index (κ2) is 28.8.